The van der Waals surface area contributed by atoms with Gasteiger partial charge in [-0.3, -0.25) is 14.8 Å². The number of carbonyl (C=O) groups is 1. The van der Waals surface area contributed by atoms with Crippen LogP contribution in [0.3, 0.4) is 0 Å². The van der Waals surface area contributed by atoms with Crippen molar-refractivity contribution in [2.45, 2.75) is 39.2 Å². The summed E-state index contributed by atoms with van der Waals surface area (Å²) in [6.45, 7) is 4.54. The summed E-state index contributed by atoms with van der Waals surface area (Å²) in [6, 6.07) is 1.90. The summed E-state index contributed by atoms with van der Waals surface area (Å²) in [7, 11) is 1.77. The van der Waals surface area contributed by atoms with Gasteiger partial charge >= 0.3 is 0 Å². The molecular formula is C15H20N4O2. The van der Waals surface area contributed by atoms with Crippen LogP contribution in [-0.4, -0.2) is 33.0 Å². The number of amides is 1. The van der Waals surface area contributed by atoms with E-state index in [9.17, 15) is 4.79 Å². The van der Waals surface area contributed by atoms with E-state index in [2.05, 4.69) is 15.1 Å². The number of hydrogen-bond donors (Lipinski definition) is 0. The van der Waals surface area contributed by atoms with Gasteiger partial charge in [-0.1, -0.05) is 19.0 Å². The quantitative estimate of drug-likeness (QED) is 0.814. The Kier molecular flexibility index (Phi) is 5.03. The Labute approximate surface area is 124 Å². The van der Waals surface area contributed by atoms with Crippen molar-refractivity contribution < 1.29 is 9.32 Å². The first-order valence-electron chi connectivity index (χ1n) is 7.00. The summed E-state index contributed by atoms with van der Waals surface area (Å²) in [5, 5.41) is 3.99. The van der Waals surface area contributed by atoms with Crippen LogP contribution in [0.2, 0.25) is 0 Å². The fraction of sp³-hybridized carbons (Fsp3) is 0.467. The number of rotatable bonds is 6. The van der Waals surface area contributed by atoms with E-state index in [-0.39, 0.29) is 5.91 Å². The molecule has 0 aliphatic carbocycles. The average Bonchev–Trinajstić information content (AvgIpc) is 2.94. The molecule has 0 unspecified atom stereocenters. The maximum absolute atomic E-state index is 12.1. The van der Waals surface area contributed by atoms with Crippen molar-refractivity contribution in [1.29, 1.82) is 0 Å². The lowest BCUT2D eigenvalue weighted by Crippen LogP contribution is -2.26. The van der Waals surface area contributed by atoms with Gasteiger partial charge in [-0.2, -0.15) is 0 Å². The maximum Gasteiger partial charge on any atom is 0.223 e. The fourth-order valence-electron chi connectivity index (χ4n) is 1.89. The van der Waals surface area contributed by atoms with Gasteiger partial charge in [-0.05, 0) is 6.42 Å². The molecule has 0 radical (unpaired) electrons. The minimum atomic E-state index is 0.0507. The smallest absolute Gasteiger partial charge is 0.223 e. The third-order valence-electron chi connectivity index (χ3n) is 3.18. The molecule has 2 aromatic heterocycles. The molecule has 6 nitrogen and oxygen atoms in total. The molecule has 6 heteroatoms. The summed E-state index contributed by atoms with van der Waals surface area (Å²) in [5.74, 6) is 1.18. The molecule has 2 rings (SSSR count). The third-order valence-corrected chi connectivity index (χ3v) is 3.18. The largest absolute Gasteiger partial charge is 0.361 e. The highest BCUT2D eigenvalue weighted by Gasteiger charge is 2.13. The maximum atomic E-state index is 12.1. The molecule has 2 aromatic rings. The summed E-state index contributed by atoms with van der Waals surface area (Å²) < 4.78 is 5.23. The number of aryl methyl sites for hydroxylation is 1. The minimum absolute atomic E-state index is 0.0507. The normalized spacial score (nSPS) is 10.9. The molecule has 112 valence electrons. The van der Waals surface area contributed by atoms with Crippen LogP contribution in [0, 0.1) is 0 Å². The molecule has 21 heavy (non-hydrogen) atoms. The summed E-state index contributed by atoms with van der Waals surface area (Å²) in [5.41, 5.74) is 1.59. The fourth-order valence-corrected chi connectivity index (χ4v) is 1.89. The first kappa shape index (κ1) is 15.2. The predicted molar refractivity (Wildman–Crippen MR) is 77.4 cm³/mol. The van der Waals surface area contributed by atoms with Gasteiger partial charge in [-0.25, -0.2) is 0 Å². The van der Waals surface area contributed by atoms with Crippen LogP contribution in [-0.2, 0) is 17.8 Å². The standard InChI is InChI=1S/C15H20N4O2/c1-11(2)14-8-13(18-21-14)10-19(3)15(20)5-4-12-9-16-6-7-17-12/h6-9,11H,4-5,10H2,1-3H3. The van der Waals surface area contributed by atoms with Crippen LogP contribution >= 0.6 is 0 Å². The second-order valence-corrected chi connectivity index (χ2v) is 5.32. The van der Waals surface area contributed by atoms with Crippen LogP contribution in [0.25, 0.3) is 0 Å². The molecular weight excluding hydrogens is 268 g/mol. The Balaban J connectivity index is 1.84. The van der Waals surface area contributed by atoms with Gasteiger partial charge in [0.1, 0.15) is 11.5 Å². The lowest BCUT2D eigenvalue weighted by molar-refractivity contribution is -0.130. The van der Waals surface area contributed by atoms with E-state index >= 15 is 0 Å². The van der Waals surface area contributed by atoms with Gasteiger partial charge in [0, 0.05) is 44.0 Å². The molecule has 1 amide bonds. The number of hydrogen-bond acceptors (Lipinski definition) is 5. The summed E-state index contributed by atoms with van der Waals surface area (Å²) in [4.78, 5) is 21.9. The third kappa shape index (κ3) is 4.37. The van der Waals surface area contributed by atoms with Gasteiger partial charge in [0.2, 0.25) is 5.91 Å². The summed E-state index contributed by atoms with van der Waals surface area (Å²) >= 11 is 0. The predicted octanol–water partition coefficient (Wildman–Crippen LogP) is 2.18. The molecule has 0 N–H and O–H groups in total. The van der Waals surface area contributed by atoms with Crippen molar-refractivity contribution in [3.05, 3.63) is 41.8 Å². The summed E-state index contributed by atoms with van der Waals surface area (Å²) in [6.07, 6.45) is 5.93. The van der Waals surface area contributed by atoms with Gasteiger partial charge in [0.15, 0.2) is 0 Å². The Bertz CT molecular complexity index is 580. The van der Waals surface area contributed by atoms with E-state index < -0.39 is 0 Å². The number of aromatic nitrogens is 3. The van der Waals surface area contributed by atoms with E-state index in [0.717, 1.165) is 17.1 Å². The Hall–Kier alpha value is -2.24. The monoisotopic (exact) mass is 288 g/mol. The van der Waals surface area contributed by atoms with E-state index in [1.807, 2.05) is 19.9 Å². The Morgan fingerprint density at radius 2 is 2.14 bits per heavy atom. The van der Waals surface area contributed by atoms with E-state index in [1.165, 1.54) is 0 Å². The highest BCUT2D eigenvalue weighted by Crippen LogP contribution is 2.16. The van der Waals surface area contributed by atoms with Crippen molar-refractivity contribution in [2.75, 3.05) is 7.05 Å². The molecule has 0 aromatic carbocycles. The molecule has 0 saturated carbocycles. The minimum Gasteiger partial charge on any atom is -0.361 e. The second kappa shape index (κ2) is 6.97. The molecule has 0 saturated heterocycles. The Morgan fingerprint density at radius 1 is 1.33 bits per heavy atom. The van der Waals surface area contributed by atoms with E-state index in [1.54, 1.807) is 30.5 Å². The topological polar surface area (TPSA) is 72.1 Å². The average molecular weight is 288 g/mol. The highest BCUT2D eigenvalue weighted by molar-refractivity contribution is 5.76. The van der Waals surface area contributed by atoms with Crippen LogP contribution in [0.5, 0.6) is 0 Å². The van der Waals surface area contributed by atoms with Gasteiger partial charge in [0.05, 0.1) is 12.2 Å². The zero-order chi connectivity index (χ0) is 15.2. The molecule has 0 aliphatic heterocycles. The van der Waals surface area contributed by atoms with Crippen molar-refractivity contribution in [1.82, 2.24) is 20.0 Å². The number of nitrogens with zero attached hydrogens (tertiary/aromatic N) is 4. The van der Waals surface area contributed by atoms with Crippen molar-refractivity contribution in [2.24, 2.45) is 0 Å². The van der Waals surface area contributed by atoms with Gasteiger partial charge in [-0.15, -0.1) is 0 Å². The zero-order valence-corrected chi connectivity index (χ0v) is 12.6. The van der Waals surface area contributed by atoms with Crippen LogP contribution in [0.15, 0.2) is 29.2 Å². The molecule has 0 bridgehead atoms. The van der Waals surface area contributed by atoms with Gasteiger partial charge < -0.3 is 9.42 Å². The van der Waals surface area contributed by atoms with E-state index in [0.29, 0.717) is 25.3 Å². The van der Waals surface area contributed by atoms with Crippen molar-refractivity contribution in [3.8, 4) is 0 Å². The lowest BCUT2D eigenvalue weighted by atomic mass is 10.1. The highest BCUT2D eigenvalue weighted by atomic mass is 16.5. The molecule has 0 fully saturated rings. The van der Waals surface area contributed by atoms with Crippen LogP contribution in [0.4, 0.5) is 0 Å². The first-order chi connectivity index (χ1) is 10.1. The SMILES string of the molecule is CC(C)c1cc(CN(C)C(=O)CCc2cnccn2)no1. The van der Waals surface area contributed by atoms with Gasteiger partial charge in [0.25, 0.3) is 0 Å². The first-order valence-corrected chi connectivity index (χ1v) is 7.00. The molecule has 0 aliphatic rings. The molecule has 0 spiro atoms. The zero-order valence-electron chi connectivity index (χ0n) is 12.6. The second-order valence-electron chi connectivity index (χ2n) is 5.32. The lowest BCUT2D eigenvalue weighted by Gasteiger charge is -2.15. The Morgan fingerprint density at radius 3 is 2.76 bits per heavy atom. The molecule has 0 atom stereocenters. The van der Waals surface area contributed by atoms with E-state index in [4.69, 9.17) is 4.52 Å². The number of carbonyl (C=O) groups excluding carboxylic acids is 1. The van der Waals surface area contributed by atoms with Crippen molar-refractivity contribution >= 4 is 5.91 Å². The van der Waals surface area contributed by atoms with Crippen LogP contribution in [0.1, 0.15) is 43.3 Å². The molecule has 2 heterocycles. The van der Waals surface area contributed by atoms with Crippen molar-refractivity contribution in [3.63, 3.8) is 0 Å². The van der Waals surface area contributed by atoms with Crippen LogP contribution < -0.4 is 0 Å².